The number of nitrogens with two attached hydrogens (primary N) is 1. The first-order valence-corrected chi connectivity index (χ1v) is 8.48. The number of nitrogens with zero attached hydrogens (tertiary/aromatic N) is 3. The normalized spacial score (nSPS) is 13.5. The van der Waals surface area contributed by atoms with Gasteiger partial charge in [0.15, 0.2) is 0 Å². The lowest BCUT2D eigenvalue weighted by Gasteiger charge is -2.31. The number of rotatable bonds is 4. The number of anilines is 1. The fourth-order valence-corrected chi connectivity index (χ4v) is 3.48. The molecule has 0 spiro atoms. The van der Waals surface area contributed by atoms with Crippen LogP contribution in [0.25, 0.3) is 5.69 Å². The number of para-hydroxylation sites is 1. The topological polar surface area (TPSA) is 64.2 Å². The molecule has 3 aromatic rings. The molecule has 0 atom stereocenters. The molecule has 0 aliphatic carbocycles. The molecule has 4 rings (SSSR count). The molecule has 0 bridgehead atoms. The molecule has 2 aromatic carbocycles. The number of amides is 1. The van der Waals surface area contributed by atoms with Crippen LogP contribution in [0.4, 0.5) is 5.69 Å². The molecule has 1 aliphatic heterocycles. The van der Waals surface area contributed by atoms with Crippen LogP contribution < -0.4 is 10.6 Å². The number of benzene rings is 2. The third kappa shape index (κ3) is 3.01. The average Bonchev–Trinajstić information content (AvgIpc) is 3.11. The lowest BCUT2D eigenvalue weighted by Crippen LogP contribution is -2.30. The Morgan fingerprint density at radius 2 is 1.96 bits per heavy atom. The highest BCUT2D eigenvalue weighted by Crippen LogP contribution is 2.31. The first-order valence-electron chi connectivity index (χ1n) is 8.48. The van der Waals surface area contributed by atoms with Gasteiger partial charge in [-0.3, -0.25) is 4.79 Å². The Labute approximate surface area is 146 Å². The van der Waals surface area contributed by atoms with E-state index in [0.717, 1.165) is 48.4 Å². The third-order valence-corrected chi connectivity index (χ3v) is 4.64. The first kappa shape index (κ1) is 15.4. The fourth-order valence-electron chi connectivity index (χ4n) is 3.48. The molecule has 0 unspecified atom stereocenters. The maximum absolute atomic E-state index is 11.7. The third-order valence-electron chi connectivity index (χ3n) is 4.64. The van der Waals surface area contributed by atoms with Gasteiger partial charge in [0.2, 0.25) is 5.91 Å². The van der Waals surface area contributed by atoms with Gasteiger partial charge in [0.25, 0.3) is 0 Å². The van der Waals surface area contributed by atoms with Crippen molar-refractivity contribution >= 4 is 11.6 Å². The lowest BCUT2D eigenvalue weighted by molar-refractivity contribution is 0.0999. The number of hydrogen-bond donors (Lipinski definition) is 1. The van der Waals surface area contributed by atoms with E-state index in [-0.39, 0.29) is 5.91 Å². The smallest absolute Gasteiger partial charge is 0.249 e. The van der Waals surface area contributed by atoms with E-state index < -0.39 is 0 Å². The largest absolute Gasteiger partial charge is 0.367 e. The summed E-state index contributed by atoms with van der Waals surface area (Å²) in [5.74, 6) is -0.351. The summed E-state index contributed by atoms with van der Waals surface area (Å²) in [4.78, 5) is 14.0. The zero-order valence-electron chi connectivity index (χ0n) is 13.9. The van der Waals surface area contributed by atoms with E-state index in [9.17, 15) is 4.79 Å². The van der Waals surface area contributed by atoms with Crippen LogP contribution in [0.1, 0.15) is 27.9 Å². The molecular weight excluding hydrogens is 312 g/mol. The van der Waals surface area contributed by atoms with E-state index in [1.54, 1.807) is 0 Å². The maximum Gasteiger partial charge on any atom is 0.249 e. The van der Waals surface area contributed by atoms with Crippen LogP contribution in [0.15, 0.2) is 60.9 Å². The minimum absolute atomic E-state index is 0.351. The van der Waals surface area contributed by atoms with Crippen molar-refractivity contribution in [3.8, 4) is 5.69 Å². The standard InChI is InChI=1S/C20H20N4O/c21-20(25)18-8-4-10-19-17(18)9-5-11-23(19)13-15-12-22-24(14-15)16-6-2-1-3-7-16/h1-4,6-8,10,12,14H,5,9,11,13H2,(H2,21,25). The summed E-state index contributed by atoms with van der Waals surface area (Å²) in [5, 5.41) is 4.47. The molecule has 1 amide bonds. The molecule has 1 aromatic heterocycles. The Balaban J connectivity index is 1.60. The van der Waals surface area contributed by atoms with Gasteiger partial charge >= 0.3 is 0 Å². The second kappa shape index (κ2) is 6.43. The summed E-state index contributed by atoms with van der Waals surface area (Å²) >= 11 is 0. The minimum Gasteiger partial charge on any atom is -0.367 e. The number of carbonyl (C=O) groups is 1. The van der Waals surface area contributed by atoms with Gasteiger partial charge in [-0.25, -0.2) is 4.68 Å². The Bertz CT molecular complexity index is 901. The van der Waals surface area contributed by atoms with E-state index >= 15 is 0 Å². The number of fused-ring (bicyclic) bond motifs is 1. The quantitative estimate of drug-likeness (QED) is 0.799. The predicted molar refractivity (Wildman–Crippen MR) is 97.9 cm³/mol. The summed E-state index contributed by atoms with van der Waals surface area (Å²) in [6, 6.07) is 15.9. The van der Waals surface area contributed by atoms with Gasteiger partial charge < -0.3 is 10.6 Å². The van der Waals surface area contributed by atoms with Crippen molar-refractivity contribution in [3.05, 3.63) is 77.6 Å². The minimum atomic E-state index is -0.351. The summed E-state index contributed by atoms with van der Waals surface area (Å²) in [6.07, 6.45) is 5.87. The van der Waals surface area contributed by atoms with Crippen molar-refractivity contribution in [1.82, 2.24) is 9.78 Å². The molecular formula is C20H20N4O. The fraction of sp³-hybridized carbons (Fsp3) is 0.200. The Kier molecular flexibility index (Phi) is 3.98. The lowest BCUT2D eigenvalue weighted by atomic mass is 9.95. The highest BCUT2D eigenvalue weighted by atomic mass is 16.1. The molecule has 0 fully saturated rings. The zero-order valence-corrected chi connectivity index (χ0v) is 13.9. The molecule has 0 saturated carbocycles. The summed E-state index contributed by atoms with van der Waals surface area (Å²) in [6.45, 7) is 1.73. The second-order valence-electron chi connectivity index (χ2n) is 6.32. The number of primary amides is 1. The van der Waals surface area contributed by atoms with E-state index in [4.69, 9.17) is 5.73 Å². The number of aromatic nitrogens is 2. The van der Waals surface area contributed by atoms with E-state index in [1.165, 1.54) is 0 Å². The molecule has 2 heterocycles. The van der Waals surface area contributed by atoms with E-state index in [1.807, 2.05) is 53.3 Å². The van der Waals surface area contributed by atoms with Gasteiger partial charge in [-0.05, 0) is 42.7 Å². The van der Waals surface area contributed by atoms with Crippen LogP contribution in [-0.4, -0.2) is 22.2 Å². The van der Waals surface area contributed by atoms with Gasteiger partial charge in [0.05, 0.1) is 11.9 Å². The Morgan fingerprint density at radius 1 is 1.12 bits per heavy atom. The molecule has 0 saturated heterocycles. The molecule has 25 heavy (non-hydrogen) atoms. The van der Waals surface area contributed by atoms with Gasteiger partial charge in [0, 0.05) is 36.1 Å². The van der Waals surface area contributed by atoms with E-state index in [2.05, 4.69) is 22.3 Å². The molecule has 1 aliphatic rings. The summed E-state index contributed by atoms with van der Waals surface area (Å²) in [5.41, 5.74) is 10.5. The Hall–Kier alpha value is -3.08. The Morgan fingerprint density at radius 3 is 2.76 bits per heavy atom. The monoisotopic (exact) mass is 332 g/mol. The molecule has 2 N–H and O–H groups in total. The summed E-state index contributed by atoms with van der Waals surface area (Å²) in [7, 11) is 0. The van der Waals surface area contributed by atoms with Gasteiger partial charge in [-0.1, -0.05) is 24.3 Å². The van der Waals surface area contributed by atoms with Crippen molar-refractivity contribution in [1.29, 1.82) is 0 Å². The number of hydrogen-bond acceptors (Lipinski definition) is 3. The first-order chi connectivity index (χ1) is 12.2. The van der Waals surface area contributed by atoms with Crippen LogP contribution in [0, 0.1) is 0 Å². The van der Waals surface area contributed by atoms with Crippen LogP contribution in [0.3, 0.4) is 0 Å². The second-order valence-corrected chi connectivity index (χ2v) is 6.32. The van der Waals surface area contributed by atoms with Crippen molar-refractivity contribution in [2.75, 3.05) is 11.4 Å². The molecule has 126 valence electrons. The average molecular weight is 332 g/mol. The van der Waals surface area contributed by atoms with Crippen molar-refractivity contribution < 1.29 is 4.79 Å². The van der Waals surface area contributed by atoms with E-state index in [0.29, 0.717) is 5.56 Å². The van der Waals surface area contributed by atoms with Crippen molar-refractivity contribution in [2.24, 2.45) is 5.73 Å². The summed E-state index contributed by atoms with van der Waals surface area (Å²) < 4.78 is 1.89. The molecule has 0 radical (unpaired) electrons. The zero-order chi connectivity index (χ0) is 17.2. The SMILES string of the molecule is NC(=O)c1cccc2c1CCCN2Cc1cnn(-c2ccccc2)c1. The highest BCUT2D eigenvalue weighted by Gasteiger charge is 2.21. The van der Waals surface area contributed by atoms with Crippen LogP contribution >= 0.6 is 0 Å². The van der Waals surface area contributed by atoms with Crippen molar-refractivity contribution in [2.45, 2.75) is 19.4 Å². The maximum atomic E-state index is 11.7. The number of carbonyl (C=O) groups excluding carboxylic acids is 1. The van der Waals surface area contributed by atoms with Crippen molar-refractivity contribution in [3.63, 3.8) is 0 Å². The van der Waals surface area contributed by atoms with Crippen LogP contribution in [0.2, 0.25) is 0 Å². The van der Waals surface area contributed by atoms with Crippen LogP contribution in [0.5, 0.6) is 0 Å². The molecule has 5 heteroatoms. The van der Waals surface area contributed by atoms with Gasteiger partial charge in [0.1, 0.15) is 0 Å². The molecule has 5 nitrogen and oxygen atoms in total. The highest BCUT2D eigenvalue weighted by molar-refractivity contribution is 5.96. The predicted octanol–water partition coefficient (Wildman–Crippen LogP) is 2.92. The van der Waals surface area contributed by atoms with Crippen LogP contribution in [-0.2, 0) is 13.0 Å². The van der Waals surface area contributed by atoms with Gasteiger partial charge in [-0.15, -0.1) is 0 Å². The van der Waals surface area contributed by atoms with Gasteiger partial charge in [-0.2, -0.15) is 5.10 Å².